The minimum Gasteiger partial charge on any atom is -0.310 e. The molecule has 0 fully saturated rings. The van der Waals surface area contributed by atoms with Gasteiger partial charge in [0.05, 0.1) is 11.1 Å². The molecule has 0 bridgehead atoms. The molecule has 0 aliphatic heterocycles. The molecular weight excluding hydrogens is 687 g/mol. The molecule has 1 heteroatoms. The maximum absolute atomic E-state index is 8.17. The quantitative estimate of drug-likeness (QED) is 0.174. The second-order valence-corrected chi connectivity index (χ2v) is 16.6. The Kier molecular flexibility index (Phi) is 5.92. The smallest absolute Gasteiger partial charge is 0.0726 e. The van der Waals surface area contributed by atoms with Gasteiger partial charge in [0.25, 0.3) is 0 Å². The van der Waals surface area contributed by atoms with Crippen molar-refractivity contribution in [3.63, 3.8) is 0 Å². The number of fused-ring (bicyclic) bond motifs is 13. The van der Waals surface area contributed by atoms with E-state index in [0.717, 1.165) is 28.2 Å². The fourth-order valence-electron chi connectivity index (χ4n) is 10.5. The summed E-state index contributed by atoms with van der Waals surface area (Å²) in [6, 6.07) is 64.6. The van der Waals surface area contributed by atoms with E-state index in [4.69, 9.17) is 8.22 Å². The average molecular weight is 738 g/mol. The second kappa shape index (κ2) is 12.0. The molecule has 8 aromatic rings. The summed E-state index contributed by atoms with van der Waals surface area (Å²) in [5.74, 6) is 0. The van der Waals surface area contributed by atoms with E-state index in [1.54, 1.807) is 12.1 Å². The summed E-state index contributed by atoms with van der Waals surface area (Å²) in [5, 5.41) is 0. The lowest BCUT2D eigenvalue weighted by Gasteiger charge is -2.34. The van der Waals surface area contributed by atoms with Crippen LogP contribution in [0.4, 0.5) is 17.1 Å². The molecule has 11 rings (SSSR count). The van der Waals surface area contributed by atoms with Crippen molar-refractivity contribution in [1.29, 1.82) is 0 Å². The molecule has 0 heterocycles. The van der Waals surface area contributed by atoms with Gasteiger partial charge < -0.3 is 4.90 Å². The van der Waals surface area contributed by atoms with Gasteiger partial charge in [0.15, 0.2) is 0 Å². The van der Waals surface area contributed by atoms with E-state index in [9.17, 15) is 0 Å². The van der Waals surface area contributed by atoms with Gasteiger partial charge in [-0.1, -0.05) is 186 Å². The van der Waals surface area contributed by atoms with Gasteiger partial charge in [-0.25, -0.2) is 0 Å². The van der Waals surface area contributed by atoms with Gasteiger partial charge in [-0.2, -0.15) is 0 Å². The van der Waals surface area contributed by atoms with Crippen LogP contribution in [-0.2, 0) is 16.2 Å². The molecule has 0 amide bonds. The van der Waals surface area contributed by atoms with Crippen molar-refractivity contribution in [1.82, 2.24) is 0 Å². The van der Waals surface area contributed by atoms with Crippen LogP contribution >= 0.6 is 0 Å². The summed E-state index contributed by atoms with van der Waals surface area (Å²) < 4.78 is 49.0. The van der Waals surface area contributed by atoms with Gasteiger partial charge in [0.1, 0.15) is 0 Å². The lowest BCUT2D eigenvalue weighted by atomic mass is 9.70. The Bertz CT molecular complexity index is 3060. The lowest BCUT2D eigenvalue weighted by Crippen LogP contribution is -2.26. The van der Waals surface area contributed by atoms with E-state index in [-0.39, 0.29) is 11.0 Å². The zero-order chi connectivity index (χ0) is 43.7. The van der Waals surface area contributed by atoms with Gasteiger partial charge >= 0.3 is 0 Å². The third-order valence-corrected chi connectivity index (χ3v) is 13.0. The standard InChI is InChI=1S/C56H45N/c1-54(2,3)38-29-25-36(26-30-38)37-27-31-39(32-28-37)57(52-24-14-19-46-44-18-6-10-20-47(44)55(4,5)53(46)52)40-33-34-45-43-17-9-13-23-50(43)56(51(45)35-40)48-21-11-7-15-41(48)42-16-8-12-22-49(42)56/h6-35H,1-5H3/i1D3,2D3. The fraction of sp³-hybridized carbons (Fsp3) is 0.143. The first-order chi connectivity index (χ1) is 30.2. The zero-order valence-electron chi connectivity index (χ0n) is 38.3. The minimum atomic E-state index is -2.72. The van der Waals surface area contributed by atoms with Crippen molar-refractivity contribution in [2.24, 2.45) is 0 Å². The third-order valence-electron chi connectivity index (χ3n) is 13.0. The second-order valence-electron chi connectivity index (χ2n) is 16.6. The predicted octanol–water partition coefficient (Wildman–Crippen LogP) is 14.8. The van der Waals surface area contributed by atoms with Crippen molar-refractivity contribution < 1.29 is 8.22 Å². The van der Waals surface area contributed by atoms with E-state index in [0.29, 0.717) is 0 Å². The summed E-state index contributed by atoms with van der Waals surface area (Å²) in [6.45, 7) is 0.535. The molecule has 0 N–H and O–H groups in total. The van der Waals surface area contributed by atoms with Crippen molar-refractivity contribution in [3.8, 4) is 44.5 Å². The molecule has 0 atom stereocenters. The molecule has 0 saturated carbocycles. The molecule has 0 radical (unpaired) electrons. The van der Waals surface area contributed by atoms with Gasteiger partial charge in [0, 0.05) is 25.0 Å². The van der Waals surface area contributed by atoms with E-state index in [1.165, 1.54) is 73.7 Å². The maximum atomic E-state index is 8.17. The molecule has 3 aliphatic carbocycles. The zero-order valence-corrected chi connectivity index (χ0v) is 32.3. The van der Waals surface area contributed by atoms with E-state index < -0.39 is 24.5 Å². The highest BCUT2D eigenvalue weighted by atomic mass is 15.1. The van der Waals surface area contributed by atoms with E-state index in [1.807, 2.05) is 12.1 Å². The molecule has 0 saturated heterocycles. The Morgan fingerprint density at radius 2 is 0.895 bits per heavy atom. The number of anilines is 3. The Hall–Kier alpha value is -6.44. The summed E-state index contributed by atoms with van der Waals surface area (Å²) >= 11 is 0. The molecule has 8 aromatic carbocycles. The average Bonchev–Trinajstić information content (AvgIpc) is 3.84. The SMILES string of the molecule is [2H]C([2H])([2H])C(C)(c1ccc(-c2ccc(N(c3ccc4c(c3)C3(c5ccccc5-c5ccccc53)c3ccccc3-4)c3cccc4c3C(C)(C)c3ccccc3-4)cc2)cc1)C([2H])([2H])[2H]. The maximum Gasteiger partial charge on any atom is 0.0726 e. The first kappa shape index (κ1) is 28.0. The number of rotatable bonds is 4. The van der Waals surface area contributed by atoms with Gasteiger partial charge in [-0.05, 0) is 119 Å². The Balaban J connectivity index is 1.10. The van der Waals surface area contributed by atoms with Crippen LogP contribution in [0.5, 0.6) is 0 Å². The topological polar surface area (TPSA) is 3.24 Å². The Morgan fingerprint density at radius 3 is 1.46 bits per heavy atom. The van der Waals surface area contributed by atoms with Gasteiger partial charge in [0.2, 0.25) is 0 Å². The summed E-state index contributed by atoms with van der Waals surface area (Å²) in [7, 11) is 0. The predicted molar refractivity (Wildman–Crippen MR) is 239 cm³/mol. The van der Waals surface area contributed by atoms with Crippen LogP contribution in [-0.4, -0.2) is 0 Å². The van der Waals surface area contributed by atoms with Crippen molar-refractivity contribution in [3.05, 3.63) is 221 Å². The third kappa shape index (κ3) is 4.69. The highest BCUT2D eigenvalue weighted by Gasteiger charge is 2.51. The van der Waals surface area contributed by atoms with Crippen LogP contribution in [0.1, 0.15) is 81.6 Å². The van der Waals surface area contributed by atoms with Gasteiger partial charge in [-0.3, -0.25) is 0 Å². The Morgan fingerprint density at radius 1 is 0.439 bits per heavy atom. The monoisotopic (exact) mass is 737 g/mol. The van der Waals surface area contributed by atoms with Gasteiger partial charge in [-0.15, -0.1) is 0 Å². The number of nitrogens with zero attached hydrogens (tertiary/aromatic N) is 1. The first-order valence-electron chi connectivity index (χ1n) is 22.9. The van der Waals surface area contributed by atoms with E-state index >= 15 is 0 Å². The summed E-state index contributed by atoms with van der Waals surface area (Å²) in [6.07, 6.45) is 0. The molecule has 1 nitrogen and oxygen atoms in total. The largest absolute Gasteiger partial charge is 0.310 e. The first-order valence-corrected chi connectivity index (χ1v) is 19.9. The molecule has 0 unspecified atom stereocenters. The van der Waals surface area contributed by atoms with Crippen LogP contribution < -0.4 is 4.90 Å². The normalized spacial score (nSPS) is 16.7. The molecule has 274 valence electrons. The number of hydrogen-bond acceptors (Lipinski definition) is 1. The molecular formula is C56H45N. The van der Waals surface area contributed by atoms with Crippen LogP contribution in [0.3, 0.4) is 0 Å². The van der Waals surface area contributed by atoms with Crippen LogP contribution in [0.15, 0.2) is 182 Å². The molecule has 57 heavy (non-hydrogen) atoms. The lowest BCUT2D eigenvalue weighted by molar-refractivity contribution is 0.590. The van der Waals surface area contributed by atoms with Crippen LogP contribution in [0, 0.1) is 0 Å². The van der Waals surface area contributed by atoms with E-state index in [2.05, 4.69) is 176 Å². The summed E-state index contributed by atoms with van der Waals surface area (Å²) in [5.41, 5.74) is 17.7. The Labute approximate surface area is 345 Å². The highest BCUT2D eigenvalue weighted by molar-refractivity contribution is 5.97. The van der Waals surface area contributed by atoms with Crippen LogP contribution in [0.25, 0.3) is 44.5 Å². The fourth-order valence-corrected chi connectivity index (χ4v) is 10.5. The van der Waals surface area contributed by atoms with Crippen LogP contribution in [0.2, 0.25) is 0 Å². The minimum absolute atomic E-state index is 0.264. The molecule has 3 aliphatic rings. The number of benzene rings is 8. The van der Waals surface area contributed by atoms with Crippen molar-refractivity contribution in [2.75, 3.05) is 4.90 Å². The molecule has 0 aromatic heterocycles. The van der Waals surface area contributed by atoms with Crippen molar-refractivity contribution >= 4 is 17.1 Å². The number of hydrogen-bond donors (Lipinski definition) is 0. The van der Waals surface area contributed by atoms with Crippen molar-refractivity contribution in [2.45, 2.75) is 50.7 Å². The highest BCUT2D eigenvalue weighted by Crippen LogP contribution is 2.63. The molecule has 1 spiro atoms. The summed E-state index contributed by atoms with van der Waals surface area (Å²) in [4.78, 5) is 2.42.